The Morgan fingerprint density at radius 2 is 1.09 bits per heavy atom. The van der Waals surface area contributed by atoms with E-state index in [0.717, 1.165) is 33.2 Å². The number of aryl methyl sites for hydroxylation is 2. The number of anilines is 2. The zero-order valence-electron chi connectivity index (χ0n) is 36.7. The molecule has 0 N–H and O–H groups in total. The van der Waals surface area contributed by atoms with Gasteiger partial charge in [0, 0.05) is 39.0 Å². The van der Waals surface area contributed by atoms with Crippen LogP contribution in [-0.2, 0) is 0 Å². The molecule has 0 saturated heterocycles. The van der Waals surface area contributed by atoms with Gasteiger partial charge in [0.25, 0.3) is 0 Å². The van der Waals surface area contributed by atoms with Crippen LogP contribution in [0.15, 0.2) is 218 Å². The Kier molecular flexibility index (Phi) is 8.75. The number of aromatic nitrogens is 3. The number of hydrogen-bond donors (Lipinski definition) is 0. The largest absolute Gasteiger partial charge is 0.333 e. The van der Waals surface area contributed by atoms with E-state index in [-0.39, 0.29) is 12.0 Å². The number of allylic oxidation sites excluding steroid dienone is 2. The first-order chi connectivity index (χ1) is 32.6. The topological polar surface area (TPSA) is 34.0 Å². The highest BCUT2D eigenvalue weighted by molar-refractivity contribution is 6.10. The molecule has 9 aromatic carbocycles. The van der Waals surface area contributed by atoms with Crippen molar-refractivity contribution in [2.24, 2.45) is 0 Å². The smallest absolute Gasteiger partial charge is 0.235 e. The highest BCUT2D eigenvalue weighted by Gasteiger charge is 2.39. The fraction of sp³-hybridized carbons (Fsp3) is 0.0645. The molecule has 0 spiro atoms. The highest BCUT2D eigenvalue weighted by Crippen LogP contribution is 2.52. The highest BCUT2D eigenvalue weighted by atomic mass is 15.2. The molecule has 0 fully saturated rings. The number of para-hydroxylation sites is 3. The monoisotopic (exact) mass is 844 g/mol. The third-order valence-electron chi connectivity index (χ3n) is 14.0. The first-order valence-electron chi connectivity index (χ1n) is 22.9. The standard InChI is InChI=1S/C62H44N4/c1-39-36-52(40(2)35-51(39)41-15-5-3-6-16-41)43-25-27-44(28-26-43)61-50-22-11-13-23-55(50)63-62(64-61)66-56-24-14-12-21-49(56)53-37-45(30-32-57(53)66)46-31-33-58-54(38-46)60-48-20-10-9-17-42(48)29-34-59(60)65(58)47-18-7-4-8-19-47/h3-38,54,58H,1-2H3. The van der Waals surface area contributed by atoms with Gasteiger partial charge in [0.2, 0.25) is 5.95 Å². The van der Waals surface area contributed by atoms with Crippen LogP contribution in [0.5, 0.6) is 0 Å². The summed E-state index contributed by atoms with van der Waals surface area (Å²) in [5.74, 6) is 0.847. The molecule has 1 aliphatic heterocycles. The molecule has 4 heteroatoms. The molecule has 11 aromatic rings. The van der Waals surface area contributed by atoms with E-state index >= 15 is 0 Å². The van der Waals surface area contributed by atoms with Gasteiger partial charge in [0.05, 0.1) is 28.3 Å². The molecule has 1 aliphatic carbocycles. The second-order valence-electron chi connectivity index (χ2n) is 17.8. The Bertz CT molecular complexity index is 3790. The van der Waals surface area contributed by atoms with Gasteiger partial charge < -0.3 is 4.90 Å². The van der Waals surface area contributed by atoms with Crippen LogP contribution in [0.2, 0.25) is 0 Å². The Balaban J connectivity index is 0.903. The minimum Gasteiger partial charge on any atom is -0.333 e. The van der Waals surface area contributed by atoms with Gasteiger partial charge in [-0.3, -0.25) is 4.57 Å². The van der Waals surface area contributed by atoms with E-state index in [2.05, 4.69) is 242 Å². The SMILES string of the molecule is Cc1cc(-c2ccc(-c3nc(-n4c5ccccc5c5cc(C6=CC7c8c(ccc9ccccc89)N(c8ccccc8)C7C=C6)ccc54)nc4ccccc34)cc2)c(C)cc1-c1ccccc1. The Labute approximate surface area is 384 Å². The summed E-state index contributed by atoms with van der Waals surface area (Å²) < 4.78 is 2.25. The molecule has 13 rings (SSSR count). The summed E-state index contributed by atoms with van der Waals surface area (Å²) in [6, 6.07) is 72.6. The summed E-state index contributed by atoms with van der Waals surface area (Å²) in [6.45, 7) is 4.42. The van der Waals surface area contributed by atoms with Crippen molar-refractivity contribution < 1.29 is 0 Å². The first-order valence-corrected chi connectivity index (χ1v) is 22.9. The van der Waals surface area contributed by atoms with Crippen molar-refractivity contribution in [1.29, 1.82) is 0 Å². The summed E-state index contributed by atoms with van der Waals surface area (Å²) in [7, 11) is 0. The van der Waals surface area contributed by atoms with Crippen molar-refractivity contribution in [3.63, 3.8) is 0 Å². The van der Waals surface area contributed by atoms with E-state index in [0.29, 0.717) is 5.95 Å². The average Bonchev–Trinajstić information content (AvgIpc) is 3.90. The molecule has 3 heterocycles. The lowest BCUT2D eigenvalue weighted by Crippen LogP contribution is -2.28. The summed E-state index contributed by atoms with van der Waals surface area (Å²) >= 11 is 0. The lowest BCUT2D eigenvalue weighted by Gasteiger charge is -2.29. The lowest BCUT2D eigenvalue weighted by atomic mass is 9.84. The number of benzene rings is 9. The second-order valence-corrected chi connectivity index (χ2v) is 17.8. The Morgan fingerprint density at radius 1 is 0.470 bits per heavy atom. The molecule has 2 aliphatic rings. The van der Waals surface area contributed by atoms with Crippen LogP contribution in [-0.4, -0.2) is 20.6 Å². The lowest BCUT2D eigenvalue weighted by molar-refractivity contribution is 0.749. The van der Waals surface area contributed by atoms with Crippen molar-refractivity contribution in [1.82, 2.24) is 14.5 Å². The van der Waals surface area contributed by atoms with Crippen LogP contribution in [0.25, 0.3) is 88.5 Å². The maximum absolute atomic E-state index is 5.44. The van der Waals surface area contributed by atoms with Gasteiger partial charge >= 0.3 is 0 Å². The summed E-state index contributed by atoms with van der Waals surface area (Å²) in [6.07, 6.45) is 7.25. The minimum absolute atomic E-state index is 0.179. The molecule has 2 aromatic heterocycles. The second kappa shape index (κ2) is 15.1. The maximum Gasteiger partial charge on any atom is 0.235 e. The fourth-order valence-corrected chi connectivity index (χ4v) is 10.9. The molecule has 312 valence electrons. The molecular weight excluding hydrogens is 801 g/mol. The number of fused-ring (bicyclic) bond motifs is 9. The molecule has 0 bridgehead atoms. The Morgan fingerprint density at radius 3 is 1.88 bits per heavy atom. The van der Waals surface area contributed by atoms with Gasteiger partial charge in [0.15, 0.2) is 0 Å². The van der Waals surface area contributed by atoms with Crippen molar-refractivity contribution in [3.8, 4) is 39.5 Å². The van der Waals surface area contributed by atoms with Gasteiger partial charge in [-0.25, -0.2) is 9.97 Å². The quantitative estimate of drug-likeness (QED) is 0.167. The minimum atomic E-state index is 0.179. The molecule has 0 saturated carbocycles. The van der Waals surface area contributed by atoms with Crippen LogP contribution in [0, 0.1) is 13.8 Å². The zero-order valence-corrected chi connectivity index (χ0v) is 36.7. The van der Waals surface area contributed by atoms with Gasteiger partial charge in [0.1, 0.15) is 0 Å². The number of rotatable bonds is 6. The number of nitrogens with zero attached hydrogens (tertiary/aromatic N) is 4. The van der Waals surface area contributed by atoms with Crippen LogP contribution < -0.4 is 4.90 Å². The summed E-state index contributed by atoms with van der Waals surface area (Å²) in [5, 5.41) is 5.96. The van der Waals surface area contributed by atoms with Crippen molar-refractivity contribution >= 4 is 60.4 Å². The third-order valence-corrected chi connectivity index (χ3v) is 14.0. The van der Waals surface area contributed by atoms with Gasteiger partial charge in [-0.1, -0.05) is 176 Å². The van der Waals surface area contributed by atoms with Gasteiger partial charge in [-0.15, -0.1) is 0 Å². The van der Waals surface area contributed by atoms with Gasteiger partial charge in [-0.05, 0) is 117 Å². The Hall–Kier alpha value is -8.34. The predicted octanol–water partition coefficient (Wildman–Crippen LogP) is 15.8. The predicted molar refractivity (Wildman–Crippen MR) is 276 cm³/mol. The van der Waals surface area contributed by atoms with Crippen molar-refractivity contribution in [2.45, 2.75) is 25.8 Å². The zero-order chi connectivity index (χ0) is 43.9. The van der Waals surface area contributed by atoms with E-state index in [1.807, 2.05) is 0 Å². The molecule has 2 unspecified atom stereocenters. The van der Waals surface area contributed by atoms with E-state index in [1.165, 1.54) is 83.0 Å². The molecule has 2 atom stereocenters. The van der Waals surface area contributed by atoms with Crippen LogP contribution in [0.4, 0.5) is 11.4 Å². The fourth-order valence-electron chi connectivity index (χ4n) is 10.9. The van der Waals surface area contributed by atoms with Crippen molar-refractivity contribution in [2.75, 3.05) is 4.90 Å². The van der Waals surface area contributed by atoms with Gasteiger partial charge in [-0.2, -0.15) is 0 Å². The van der Waals surface area contributed by atoms with Crippen LogP contribution in [0.1, 0.15) is 28.2 Å². The van der Waals surface area contributed by atoms with Crippen LogP contribution in [0.3, 0.4) is 0 Å². The van der Waals surface area contributed by atoms with Crippen LogP contribution >= 0.6 is 0 Å². The maximum atomic E-state index is 5.44. The van der Waals surface area contributed by atoms with Crippen molar-refractivity contribution in [3.05, 3.63) is 241 Å². The molecule has 0 amide bonds. The average molecular weight is 845 g/mol. The molecule has 0 radical (unpaired) electrons. The third kappa shape index (κ3) is 6.06. The molecule has 66 heavy (non-hydrogen) atoms. The first kappa shape index (κ1) is 38.1. The number of hydrogen-bond acceptors (Lipinski definition) is 3. The molecule has 4 nitrogen and oxygen atoms in total. The van der Waals surface area contributed by atoms with E-state index in [1.54, 1.807) is 0 Å². The molecular formula is C62H44N4. The van der Waals surface area contributed by atoms with E-state index < -0.39 is 0 Å². The summed E-state index contributed by atoms with van der Waals surface area (Å²) in [4.78, 5) is 13.2. The van der Waals surface area contributed by atoms with E-state index in [4.69, 9.17) is 9.97 Å². The normalized spacial score (nSPS) is 15.4. The van der Waals surface area contributed by atoms with E-state index in [9.17, 15) is 0 Å². The summed E-state index contributed by atoms with van der Waals surface area (Å²) in [5.41, 5.74) is 18.8.